The second-order valence-corrected chi connectivity index (χ2v) is 10.0. The maximum Gasteiger partial charge on any atom is 0.416 e. The van der Waals surface area contributed by atoms with E-state index in [0.717, 1.165) is 35.9 Å². The molecule has 0 radical (unpaired) electrons. The second kappa shape index (κ2) is 11.3. The number of H-pyrrole nitrogens is 1. The number of nitrogens with zero attached hydrogens (tertiary/aromatic N) is 3. The van der Waals surface area contributed by atoms with E-state index < -0.39 is 30.1 Å². The summed E-state index contributed by atoms with van der Waals surface area (Å²) in [6.07, 6.45) is -2.95. The number of alkyl halides is 3. The number of hydrogen-bond donors (Lipinski definition) is 2. The molecule has 210 valence electrons. The van der Waals surface area contributed by atoms with Gasteiger partial charge in [0.1, 0.15) is 5.65 Å². The maximum atomic E-state index is 14.8. The molecule has 0 spiro atoms. The van der Waals surface area contributed by atoms with Crippen LogP contribution in [0.15, 0.2) is 54.7 Å². The van der Waals surface area contributed by atoms with Crippen molar-refractivity contribution >= 4 is 22.6 Å². The Morgan fingerprint density at radius 2 is 1.82 bits per heavy atom. The average Bonchev–Trinajstić information content (AvgIpc) is 3.28. The smallest absolute Gasteiger partial charge is 0.416 e. The zero-order valence-corrected chi connectivity index (χ0v) is 22.1. The lowest BCUT2D eigenvalue weighted by Gasteiger charge is -2.33. The van der Waals surface area contributed by atoms with Crippen molar-refractivity contribution in [2.24, 2.45) is 0 Å². The van der Waals surface area contributed by atoms with Gasteiger partial charge in [-0.25, -0.2) is 9.37 Å². The van der Waals surface area contributed by atoms with Crippen LogP contribution >= 0.6 is 0 Å². The van der Waals surface area contributed by atoms with Gasteiger partial charge in [-0.3, -0.25) is 9.69 Å². The first-order valence-corrected chi connectivity index (χ1v) is 12.8. The average molecular weight is 556 g/mol. The number of aromatic nitrogens is 2. The van der Waals surface area contributed by atoms with Crippen LogP contribution in [-0.4, -0.2) is 65.5 Å². The number of halogens is 4. The van der Waals surface area contributed by atoms with Crippen LogP contribution in [0.1, 0.15) is 16.8 Å². The standard InChI is InChI=1S/C29H29F4N5O2/c1-18-11-21-12-22(15-34-28(21)35-18)19-4-6-26(25(30)13-19)40-17-27(39)36-23-5-3-20(24(14-23)29(31,32)33)16-38-9-7-37(2)8-10-38/h3-6,11-15H,7-10,16-17H2,1-2H3,(H,34,35)(H,36,39). The summed E-state index contributed by atoms with van der Waals surface area (Å²) in [7, 11) is 1.98. The van der Waals surface area contributed by atoms with Gasteiger partial charge in [-0.2, -0.15) is 13.2 Å². The predicted octanol–water partition coefficient (Wildman–Crippen LogP) is 5.46. The number of carbonyl (C=O) groups excluding carboxylic acids is 1. The molecule has 2 aromatic heterocycles. The molecule has 11 heteroatoms. The monoisotopic (exact) mass is 555 g/mol. The Labute approximate surface area is 228 Å². The van der Waals surface area contributed by atoms with E-state index in [1.807, 2.05) is 31.0 Å². The molecule has 1 saturated heterocycles. The molecule has 2 N–H and O–H groups in total. The molecular weight excluding hydrogens is 526 g/mol. The highest BCUT2D eigenvalue weighted by atomic mass is 19.4. The summed E-state index contributed by atoms with van der Waals surface area (Å²) in [5, 5.41) is 3.32. The molecule has 5 rings (SSSR count). The van der Waals surface area contributed by atoms with Crippen LogP contribution in [0.2, 0.25) is 0 Å². The van der Waals surface area contributed by atoms with Crippen LogP contribution in [0.3, 0.4) is 0 Å². The quantitative estimate of drug-likeness (QED) is 0.296. The number of carbonyl (C=O) groups is 1. The molecule has 0 atom stereocenters. The van der Waals surface area contributed by atoms with Crippen LogP contribution in [0, 0.1) is 12.7 Å². The van der Waals surface area contributed by atoms with Crippen molar-refractivity contribution in [3.8, 4) is 16.9 Å². The molecule has 1 aliphatic heterocycles. The lowest BCUT2D eigenvalue weighted by Crippen LogP contribution is -2.44. The summed E-state index contributed by atoms with van der Waals surface area (Å²) in [6, 6.07) is 11.9. The molecule has 2 aromatic carbocycles. The normalized spacial score (nSPS) is 14.9. The number of anilines is 1. The number of hydrogen-bond acceptors (Lipinski definition) is 5. The molecule has 0 bridgehead atoms. The molecule has 4 aromatic rings. The fourth-order valence-electron chi connectivity index (χ4n) is 4.75. The highest BCUT2D eigenvalue weighted by molar-refractivity contribution is 5.92. The van der Waals surface area contributed by atoms with E-state index in [9.17, 15) is 22.4 Å². The second-order valence-electron chi connectivity index (χ2n) is 10.0. The van der Waals surface area contributed by atoms with Crippen molar-refractivity contribution in [1.82, 2.24) is 19.8 Å². The summed E-state index contributed by atoms with van der Waals surface area (Å²) in [6.45, 7) is 4.46. The predicted molar refractivity (Wildman–Crippen MR) is 145 cm³/mol. The minimum absolute atomic E-state index is 0.0123. The molecule has 0 saturated carbocycles. The van der Waals surface area contributed by atoms with Gasteiger partial charge in [-0.05, 0) is 61.5 Å². The van der Waals surface area contributed by atoms with Crippen LogP contribution in [0.25, 0.3) is 22.2 Å². The fraction of sp³-hybridized carbons (Fsp3) is 0.310. The number of rotatable bonds is 7. The van der Waals surface area contributed by atoms with Gasteiger partial charge in [-0.1, -0.05) is 12.1 Å². The molecular formula is C29H29F4N5O2. The van der Waals surface area contributed by atoms with Crippen molar-refractivity contribution in [3.05, 3.63) is 77.4 Å². The zero-order valence-electron chi connectivity index (χ0n) is 22.1. The lowest BCUT2D eigenvalue weighted by atomic mass is 10.0. The molecule has 1 amide bonds. The minimum Gasteiger partial charge on any atom is -0.481 e. The van der Waals surface area contributed by atoms with Gasteiger partial charge in [0.05, 0.1) is 5.56 Å². The Morgan fingerprint density at radius 3 is 2.55 bits per heavy atom. The van der Waals surface area contributed by atoms with Crippen LogP contribution in [-0.2, 0) is 17.5 Å². The summed E-state index contributed by atoms with van der Waals surface area (Å²) >= 11 is 0. The van der Waals surface area contributed by atoms with E-state index in [1.54, 1.807) is 12.3 Å². The Kier molecular flexibility index (Phi) is 7.77. The first kappa shape index (κ1) is 27.6. The Balaban J connectivity index is 1.22. The van der Waals surface area contributed by atoms with Crippen LogP contribution in [0.4, 0.5) is 23.2 Å². The third-order valence-electron chi connectivity index (χ3n) is 6.92. The number of aryl methyl sites for hydroxylation is 1. The zero-order chi connectivity index (χ0) is 28.4. The van der Waals surface area contributed by atoms with Gasteiger partial charge in [0.15, 0.2) is 18.2 Å². The number of benzene rings is 2. The highest BCUT2D eigenvalue weighted by Crippen LogP contribution is 2.35. The van der Waals surface area contributed by atoms with E-state index in [4.69, 9.17) is 4.74 Å². The van der Waals surface area contributed by atoms with Gasteiger partial charge >= 0.3 is 6.18 Å². The molecule has 3 heterocycles. The molecule has 7 nitrogen and oxygen atoms in total. The summed E-state index contributed by atoms with van der Waals surface area (Å²) in [5.41, 5.74) is 2.33. The largest absolute Gasteiger partial charge is 0.481 e. The van der Waals surface area contributed by atoms with E-state index >= 15 is 0 Å². The summed E-state index contributed by atoms with van der Waals surface area (Å²) in [5.74, 6) is -1.53. The number of nitrogens with one attached hydrogen (secondary N) is 2. The third-order valence-corrected chi connectivity index (χ3v) is 6.92. The number of piperazine rings is 1. The number of likely N-dealkylation sites (N-methyl/N-ethyl adjacent to an activating group) is 1. The number of ether oxygens (including phenoxy) is 1. The molecule has 0 unspecified atom stereocenters. The lowest BCUT2D eigenvalue weighted by molar-refractivity contribution is -0.138. The number of aromatic amines is 1. The minimum atomic E-state index is -4.58. The Morgan fingerprint density at radius 1 is 1.05 bits per heavy atom. The van der Waals surface area contributed by atoms with Crippen molar-refractivity contribution in [2.75, 3.05) is 45.2 Å². The van der Waals surface area contributed by atoms with Crippen molar-refractivity contribution in [1.29, 1.82) is 0 Å². The van der Waals surface area contributed by atoms with Gasteiger partial charge in [0.25, 0.3) is 5.91 Å². The van der Waals surface area contributed by atoms with E-state index in [1.165, 1.54) is 24.3 Å². The maximum absolute atomic E-state index is 14.8. The van der Waals surface area contributed by atoms with E-state index in [0.29, 0.717) is 24.2 Å². The number of amides is 1. The molecule has 0 aliphatic carbocycles. The highest BCUT2D eigenvalue weighted by Gasteiger charge is 2.34. The number of fused-ring (bicyclic) bond motifs is 1. The third kappa shape index (κ3) is 6.43. The fourth-order valence-corrected chi connectivity index (χ4v) is 4.75. The van der Waals surface area contributed by atoms with Crippen LogP contribution < -0.4 is 10.1 Å². The molecule has 1 fully saturated rings. The summed E-state index contributed by atoms with van der Waals surface area (Å²) < 4.78 is 61.5. The first-order valence-electron chi connectivity index (χ1n) is 12.8. The topological polar surface area (TPSA) is 73.5 Å². The van der Waals surface area contributed by atoms with Gasteiger partial charge < -0.3 is 19.9 Å². The van der Waals surface area contributed by atoms with Crippen LogP contribution in [0.5, 0.6) is 5.75 Å². The van der Waals surface area contributed by atoms with E-state index in [-0.39, 0.29) is 23.5 Å². The SMILES string of the molecule is Cc1cc2cc(-c3ccc(OCC(=O)Nc4ccc(CN5CCN(C)CC5)c(C(F)(F)F)c4)c(F)c3)cnc2[nH]1. The Bertz CT molecular complexity index is 1530. The van der Waals surface area contributed by atoms with Crippen molar-refractivity contribution in [2.45, 2.75) is 19.6 Å². The Hall–Kier alpha value is -3.96. The number of pyridine rings is 1. The van der Waals surface area contributed by atoms with Gasteiger partial charge in [0, 0.05) is 61.3 Å². The first-order chi connectivity index (χ1) is 19.0. The molecule has 40 heavy (non-hydrogen) atoms. The van der Waals surface area contributed by atoms with E-state index in [2.05, 4.69) is 20.2 Å². The van der Waals surface area contributed by atoms with Gasteiger partial charge in [-0.15, -0.1) is 0 Å². The molecule has 1 aliphatic rings. The van der Waals surface area contributed by atoms with Crippen molar-refractivity contribution in [3.63, 3.8) is 0 Å². The van der Waals surface area contributed by atoms with Crippen molar-refractivity contribution < 1.29 is 27.1 Å². The van der Waals surface area contributed by atoms with Gasteiger partial charge in [0.2, 0.25) is 0 Å². The summed E-state index contributed by atoms with van der Waals surface area (Å²) in [4.78, 5) is 24.0.